The van der Waals surface area contributed by atoms with E-state index in [4.69, 9.17) is 0 Å². The molecular weight excluding hydrogens is 272 g/mol. The fraction of sp³-hybridized carbons (Fsp3) is 0.786. The Morgan fingerprint density at radius 3 is 2.65 bits per heavy atom. The Bertz CT molecular complexity index is 394. The van der Waals surface area contributed by atoms with Crippen LogP contribution in [0.2, 0.25) is 0 Å². The topological polar surface area (TPSA) is 58.1 Å². The predicted molar refractivity (Wildman–Crippen MR) is 84.2 cm³/mol. The van der Waals surface area contributed by atoms with E-state index in [0.29, 0.717) is 11.6 Å². The van der Waals surface area contributed by atoms with E-state index in [2.05, 4.69) is 41.3 Å². The number of carbonyl (C=O) groups is 1. The standard InChI is InChI=1S/C14H26N4OS/c1-4-6-8-13-16-17-14(20-13)15-12(19)9-11-18(3)10-7-5-2/h4-11H2,1-3H3,(H,15,17,19). The predicted octanol–water partition coefficient (Wildman–Crippen LogP) is 2.94. The largest absolute Gasteiger partial charge is 0.306 e. The van der Waals surface area contributed by atoms with E-state index in [1.54, 1.807) is 0 Å². The van der Waals surface area contributed by atoms with Crippen LogP contribution < -0.4 is 5.32 Å². The molecule has 114 valence electrons. The van der Waals surface area contributed by atoms with Crippen molar-refractivity contribution in [2.45, 2.75) is 52.4 Å². The fourth-order valence-electron chi connectivity index (χ4n) is 1.75. The van der Waals surface area contributed by atoms with Gasteiger partial charge in [-0.1, -0.05) is 38.0 Å². The van der Waals surface area contributed by atoms with E-state index in [9.17, 15) is 4.79 Å². The summed E-state index contributed by atoms with van der Waals surface area (Å²) in [7, 11) is 2.05. The number of carbonyl (C=O) groups excluding carboxylic acids is 1. The highest BCUT2D eigenvalue weighted by molar-refractivity contribution is 7.15. The van der Waals surface area contributed by atoms with Gasteiger partial charge in [0.25, 0.3) is 0 Å². The number of hydrogen-bond donors (Lipinski definition) is 1. The maximum absolute atomic E-state index is 11.8. The molecule has 0 aliphatic rings. The first-order chi connectivity index (χ1) is 9.65. The van der Waals surface area contributed by atoms with Crippen molar-refractivity contribution in [1.29, 1.82) is 0 Å². The van der Waals surface area contributed by atoms with E-state index in [1.807, 2.05) is 0 Å². The molecule has 1 N–H and O–H groups in total. The quantitative estimate of drug-likeness (QED) is 0.721. The summed E-state index contributed by atoms with van der Waals surface area (Å²) in [4.78, 5) is 14.0. The third-order valence-electron chi connectivity index (χ3n) is 3.07. The summed E-state index contributed by atoms with van der Waals surface area (Å²) in [6.45, 7) is 6.15. The minimum absolute atomic E-state index is 0.0199. The van der Waals surface area contributed by atoms with Crippen molar-refractivity contribution >= 4 is 22.4 Å². The van der Waals surface area contributed by atoms with Gasteiger partial charge in [0.05, 0.1) is 0 Å². The maximum Gasteiger partial charge on any atom is 0.227 e. The van der Waals surface area contributed by atoms with Crippen LogP contribution in [-0.4, -0.2) is 41.1 Å². The van der Waals surface area contributed by atoms with Gasteiger partial charge in [0.15, 0.2) is 0 Å². The van der Waals surface area contributed by atoms with Gasteiger partial charge in [-0.2, -0.15) is 0 Å². The van der Waals surface area contributed by atoms with E-state index in [0.717, 1.165) is 37.4 Å². The van der Waals surface area contributed by atoms with Crippen molar-refractivity contribution in [2.75, 3.05) is 25.5 Å². The first kappa shape index (κ1) is 17.0. The van der Waals surface area contributed by atoms with Gasteiger partial charge >= 0.3 is 0 Å². The Morgan fingerprint density at radius 2 is 1.95 bits per heavy atom. The second-order valence-electron chi connectivity index (χ2n) is 5.06. The average Bonchev–Trinajstić information content (AvgIpc) is 2.88. The van der Waals surface area contributed by atoms with Crippen LogP contribution in [0.4, 0.5) is 5.13 Å². The lowest BCUT2D eigenvalue weighted by molar-refractivity contribution is -0.116. The Labute approximate surface area is 125 Å². The molecule has 0 saturated heterocycles. The zero-order chi connectivity index (χ0) is 14.8. The highest BCUT2D eigenvalue weighted by atomic mass is 32.1. The number of anilines is 1. The Hall–Kier alpha value is -1.01. The first-order valence-corrected chi connectivity index (χ1v) is 8.28. The fourth-order valence-corrected chi connectivity index (χ4v) is 2.54. The van der Waals surface area contributed by atoms with Gasteiger partial charge < -0.3 is 10.2 Å². The summed E-state index contributed by atoms with van der Waals surface area (Å²) < 4.78 is 0. The molecule has 1 amide bonds. The first-order valence-electron chi connectivity index (χ1n) is 7.46. The third-order valence-corrected chi connectivity index (χ3v) is 3.97. The minimum Gasteiger partial charge on any atom is -0.306 e. The van der Waals surface area contributed by atoms with Gasteiger partial charge in [-0.15, -0.1) is 10.2 Å². The van der Waals surface area contributed by atoms with Crippen LogP contribution in [0.5, 0.6) is 0 Å². The molecule has 5 nitrogen and oxygen atoms in total. The smallest absolute Gasteiger partial charge is 0.227 e. The summed E-state index contributed by atoms with van der Waals surface area (Å²) in [5, 5.41) is 12.5. The molecule has 0 aliphatic carbocycles. The van der Waals surface area contributed by atoms with Gasteiger partial charge in [0.1, 0.15) is 5.01 Å². The summed E-state index contributed by atoms with van der Waals surface area (Å²) in [5.41, 5.74) is 0. The van der Waals surface area contributed by atoms with Crippen molar-refractivity contribution in [3.63, 3.8) is 0 Å². The van der Waals surface area contributed by atoms with Crippen LogP contribution in [0.25, 0.3) is 0 Å². The molecule has 1 aromatic heterocycles. The summed E-state index contributed by atoms with van der Waals surface area (Å²) in [6, 6.07) is 0. The molecule has 0 aromatic carbocycles. The minimum atomic E-state index is 0.0199. The molecule has 20 heavy (non-hydrogen) atoms. The Balaban J connectivity index is 2.26. The maximum atomic E-state index is 11.8. The van der Waals surface area contributed by atoms with Gasteiger partial charge in [-0.25, -0.2) is 0 Å². The lowest BCUT2D eigenvalue weighted by atomic mass is 10.3. The van der Waals surface area contributed by atoms with Gasteiger partial charge in [0, 0.05) is 19.4 Å². The van der Waals surface area contributed by atoms with Crippen LogP contribution in [0.1, 0.15) is 51.0 Å². The van der Waals surface area contributed by atoms with Gasteiger partial charge in [-0.3, -0.25) is 4.79 Å². The molecule has 6 heteroatoms. The zero-order valence-corrected chi connectivity index (χ0v) is 13.6. The summed E-state index contributed by atoms with van der Waals surface area (Å²) in [6.07, 6.45) is 6.07. The second-order valence-corrected chi connectivity index (χ2v) is 6.12. The summed E-state index contributed by atoms with van der Waals surface area (Å²) in [5.74, 6) is 0.0199. The number of rotatable bonds is 10. The molecule has 0 radical (unpaired) electrons. The van der Waals surface area contributed by atoms with Crippen molar-refractivity contribution in [3.05, 3.63) is 5.01 Å². The van der Waals surface area contributed by atoms with Crippen LogP contribution in [0.3, 0.4) is 0 Å². The van der Waals surface area contributed by atoms with Crippen LogP contribution in [0.15, 0.2) is 0 Å². The normalized spacial score (nSPS) is 11.0. The molecule has 1 aromatic rings. The van der Waals surface area contributed by atoms with Crippen LogP contribution in [0, 0.1) is 0 Å². The van der Waals surface area contributed by atoms with Crippen molar-refractivity contribution < 1.29 is 4.79 Å². The van der Waals surface area contributed by atoms with Crippen LogP contribution >= 0.6 is 11.3 Å². The molecular formula is C14H26N4OS. The molecule has 1 rings (SSSR count). The number of hydrogen-bond acceptors (Lipinski definition) is 5. The lowest BCUT2D eigenvalue weighted by Crippen LogP contribution is -2.25. The molecule has 0 aliphatic heterocycles. The second kappa shape index (κ2) is 9.83. The van der Waals surface area contributed by atoms with E-state index >= 15 is 0 Å². The molecule has 0 unspecified atom stereocenters. The summed E-state index contributed by atoms with van der Waals surface area (Å²) >= 11 is 1.48. The highest BCUT2D eigenvalue weighted by Gasteiger charge is 2.09. The van der Waals surface area contributed by atoms with Crippen LogP contribution in [-0.2, 0) is 11.2 Å². The molecule has 0 bridgehead atoms. The SMILES string of the molecule is CCCCc1nnc(NC(=O)CCN(C)CCCC)s1. The number of aromatic nitrogens is 2. The zero-order valence-electron chi connectivity index (χ0n) is 12.8. The lowest BCUT2D eigenvalue weighted by Gasteiger charge is -2.15. The number of amides is 1. The number of nitrogens with one attached hydrogen (secondary N) is 1. The number of unbranched alkanes of at least 4 members (excludes halogenated alkanes) is 2. The highest BCUT2D eigenvalue weighted by Crippen LogP contribution is 2.17. The van der Waals surface area contributed by atoms with E-state index in [-0.39, 0.29) is 5.91 Å². The van der Waals surface area contributed by atoms with E-state index in [1.165, 1.54) is 24.2 Å². The Kier molecular flexibility index (Phi) is 8.37. The van der Waals surface area contributed by atoms with Gasteiger partial charge in [0.2, 0.25) is 11.0 Å². The molecule has 0 saturated carbocycles. The molecule has 0 spiro atoms. The molecule has 0 atom stereocenters. The monoisotopic (exact) mass is 298 g/mol. The number of nitrogens with zero attached hydrogens (tertiary/aromatic N) is 3. The average molecular weight is 298 g/mol. The van der Waals surface area contributed by atoms with Crippen molar-refractivity contribution in [1.82, 2.24) is 15.1 Å². The molecule has 0 fully saturated rings. The van der Waals surface area contributed by atoms with E-state index < -0.39 is 0 Å². The Morgan fingerprint density at radius 1 is 1.20 bits per heavy atom. The third kappa shape index (κ3) is 6.96. The van der Waals surface area contributed by atoms with Gasteiger partial charge in [-0.05, 0) is 26.4 Å². The van der Waals surface area contributed by atoms with Crippen molar-refractivity contribution in [3.8, 4) is 0 Å². The van der Waals surface area contributed by atoms with Crippen molar-refractivity contribution in [2.24, 2.45) is 0 Å². The number of aryl methyl sites for hydroxylation is 1. The molecule has 1 heterocycles.